The molecule has 0 aliphatic rings. The van der Waals surface area contributed by atoms with E-state index in [1.165, 1.54) is 16.0 Å². The Labute approximate surface area is 126 Å². The maximum atomic E-state index is 4.64. The fraction of sp³-hybridized carbons (Fsp3) is 0.412. The van der Waals surface area contributed by atoms with Gasteiger partial charge in [-0.05, 0) is 19.4 Å². The number of nitrogens with zero attached hydrogens (tertiary/aromatic N) is 2. The Morgan fingerprint density at radius 3 is 2.50 bits per heavy atom. The summed E-state index contributed by atoms with van der Waals surface area (Å²) in [6.07, 6.45) is 1.96. The van der Waals surface area contributed by atoms with Crippen molar-refractivity contribution in [1.82, 2.24) is 9.97 Å². The van der Waals surface area contributed by atoms with Gasteiger partial charge < -0.3 is 0 Å². The summed E-state index contributed by atoms with van der Waals surface area (Å²) < 4.78 is 0. The zero-order valence-corrected chi connectivity index (χ0v) is 13.7. The van der Waals surface area contributed by atoms with Gasteiger partial charge in [0.1, 0.15) is 5.82 Å². The summed E-state index contributed by atoms with van der Waals surface area (Å²) in [6.45, 7) is 10.6. The van der Waals surface area contributed by atoms with Crippen LogP contribution < -0.4 is 0 Å². The van der Waals surface area contributed by atoms with Crippen LogP contribution in [-0.2, 0) is 11.2 Å². The molecular weight excluding hydrogens is 264 g/mol. The zero-order chi connectivity index (χ0) is 14.8. The first kappa shape index (κ1) is 15.0. The summed E-state index contributed by atoms with van der Waals surface area (Å²) in [5, 5.41) is 0. The van der Waals surface area contributed by atoms with Gasteiger partial charge in [-0.25, -0.2) is 9.97 Å². The van der Waals surface area contributed by atoms with Gasteiger partial charge in [-0.3, -0.25) is 0 Å². The molecule has 0 spiro atoms. The largest absolute Gasteiger partial charge is 0.240 e. The van der Waals surface area contributed by atoms with E-state index in [1.54, 1.807) is 11.8 Å². The molecule has 0 unspecified atom stereocenters. The topological polar surface area (TPSA) is 25.8 Å². The molecule has 0 saturated carbocycles. The van der Waals surface area contributed by atoms with Crippen LogP contribution >= 0.6 is 11.8 Å². The van der Waals surface area contributed by atoms with Crippen molar-refractivity contribution in [2.75, 3.05) is 0 Å². The molecule has 0 aliphatic heterocycles. The van der Waals surface area contributed by atoms with Gasteiger partial charge in [0, 0.05) is 22.3 Å². The van der Waals surface area contributed by atoms with E-state index in [0.717, 1.165) is 17.3 Å². The second-order valence-electron chi connectivity index (χ2n) is 6.17. The molecule has 2 nitrogen and oxygen atoms in total. The van der Waals surface area contributed by atoms with E-state index in [0.29, 0.717) is 0 Å². The monoisotopic (exact) mass is 286 g/mol. The summed E-state index contributed by atoms with van der Waals surface area (Å²) in [4.78, 5) is 10.3. The van der Waals surface area contributed by atoms with Crippen LogP contribution in [0.15, 0.2) is 35.4 Å². The van der Waals surface area contributed by atoms with Gasteiger partial charge in [0.15, 0.2) is 0 Å². The number of hydrogen-bond acceptors (Lipinski definition) is 3. The number of benzene rings is 1. The van der Waals surface area contributed by atoms with Crippen LogP contribution in [0.4, 0.5) is 0 Å². The first-order chi connectivity index (χ1) is 9.36. The van der Waals surface area contributed by atoms with E-state index < -0.39 is 0 Å². The molecule has 3 heteroatoms. The summed E-state index contributed by atoms with van der Waals surface area (Å²) in [5.74, 6) is 1.87. The lowest BCUT2D eigenvalue weighted by atomic mass is 9.96. The maximum Gasteiger partial charge on any atom is 0.133 e. The van der Waals surface area contributed by atoms with Gasteiger partial charge in [-0.15, -0.1) is 11.8 Å². The summed E-state index contributed by atoms with van der Waals surface area (Å²) >= 11 is 1.80. The van der Waals surface area contributed by atoms with Gasteiger partial charge in [-0.2, -0.15) is 0 Å². The molecule has 106 valence electrons. The molecule has 0 atom stereocenters. The van der Waals surface area contributed by atoms with Gasteiger partial charge in [-0.1, -0.05) is 50.6 Å². The van der Waals surface area contributed by atoms with Crippen molar-refractivity contribution in [3.63, 3.8) is 0 Å². The lowest BCUT2D eigenvalue weighted by molar-refractivity contribution is 0.540. The zero-order valence-electron chi connectivity index (χ0n) is 12.9. The normalized spacial score (nSPS) is 11.7. The van der Waals surface area contributed by atoms with Crippen molar-refractivity contribution >= 4 is 11.8 Å². The Morgan fingerprint density at radius 1 is 1.15 bits per heavy atom. The molecule has 0 saturated heterocycles. The second kappa shape index (κ2) is 5.96. The average molecular weight is 286 g/mol. The fourth-order valence-corrected chi connectivity index (χ4v) is 2.81. The number of aryl methyl sites for hydroxylation is 2. The SMILES string of the molecule is Cc1cccc(CSc2cnc(C(C)(C)C)nc2C)c1. The smallest absolute Gasteiger partial charge is 0.133 e. The lowest BCUT2D eigenvalue weighted by Crippen LogP contribution is -2.16. The van der Waals surface area contributed by atoms with Crippen molar-refractivity contribution in [2.45, 2.75) is 50.7 Å². The van der Waals surface area contributed by atoms with Crippen molar-refractivity contribution in [3.05, 3.63) is 53.1 Å². The minimum Gasteiger partial charge on any atom is -0.240 e. The summed E-state index contributed by atoms with van der Waals surface area (Å²) in [7, 11) is 0. The van der Waals surface area contributed by atoms with E-state index >= 15 is 0 Å². The minimum atomic E-state index is 0.00446. The molecule has 2 rings (SSSR count). The van der Waals surface area contributed by atoms with Gasteiger partial charge in [0.2, 0.25) is 0 Å². The molecular formula is C17H22N2S. The van der Waals surface area contributed by atoms with Gasteiger partial charge >= 0.3 is 0 Å². The predicted octanol–water partition coefficient (Wildman–Crippen LogP) is 4.68. The third-order valence-corrected chi connectivity index (χ3v) is 4.27. The van der Waals surface area contributed by atoms with E-state index in [9.17, 15) is 0 Å². The van der Waals surface area contributed by atoms with E-state index in [-0.39, 0.29) is 5.41 Å². The molecule has 1 heterocycles. The number of hydrogen-bond donors (Lipinski definition) is 0. The Hall–Kier alpha value is -1.35. The van der Waals surface area contributed by atoms with E-state index in [4.69, 9.17) is 0 Å². The van der Waals surface area contributed by atoms with Crippen LogP contribution in [0.2, 0.25) is 0 Å². The standard InChI is InChI=1S/C17H22N2S/c1-12-7-6-8-14(9-12)11-20-15-10-18-16(17(3,4)5)19-13(15)2/h6-10H,11H2,1-5H3. The average Bonchev–Trinajstić information content (AvgIpc) is 2.36. The molecule has 0 fully saturated rings. The summed E-state index contributed by atoms with van der Waals surface area (Å²) in [5.41, 5.74) is 3.72. The van der Waals surface area contributed by atoms with Crippen LogP contribution in [0.5, 0.6) is 0 Å². The summed E-state index contributed by atoms with van der Waals surface area (Å²) in [6, 6.07) is 8.63. The number of aromatic nitrogens is 2. The van der Waals surface area contributed by atoms with Crippen LogP contribution in [0.3, 0.4) is 0 Å². The maximum absolute atomic E-state index is 4.64. The molecule has 0 aliphatic carbocycles. The third kappa shape index (κ3) is 3.83. The van der Waals surface area contributed by atoms with Crippen molar-refractivity contribution < 1.29 is 0 Å². The highest BCUT2D eigenvalue weighted by atomic mass is 32.2. The highest BCUT2D eigenvalue weighted by molar-refractivity contribution is 7.98. The molecule has 0 N–H and O–H groups in total. The Balaban J connectivity index is 2.11. The molecule has 20 heavy (non-hydrogen) atoms. The molecule has 0 radical (unpaired) electrons. The fourth-order valence-electron chi connectivity index (χ4n) is 1.92. The number of thioether (sulfide) groups is 1. The first-order valence-corrected chi connectivity index (χ1v) is 7.87. The molecule has 1 aromatic heterocycles. The first-order valence-electron chi connectivity index (χ1n) is 6.89. The van der Waals surface area contributed by atoms with Crippen LogP contribution in [0, 0.1) is 13.8 Å². The second-order valence-corrected chi connectivity index (χ2v) is 7.19. The van der Waals surface area contributed by atoms with Gasteiger partial charge in [0.05, 0.1) is 5.69 Å². The highest BCUT2D eigenvalue weighted by Crippen LogP contribution is 2.27. The molecule has 1 aromatic carbocycles. The van der Waals surface area contributed by atoms with Crippen LogP contribution in [0.25, 0.3) is 0 Å². The van der Waals surface area contributed by atoms with Crippen molar-refractivity contribution in [3.8, 4) is 0 Å². The van der Waals surface area contributed by atoms with Crippen LogP contribution in [-0.4, -0.2) is 9.97 Å². The Bertz CT molecular complexity index is 600. The van der Waals surface area contributed by atoms with Crippen molar-refractivity contribution in [1.29, 1.82) is 0 Å². The quantitative estimate of drug-likeness (QED) is 0.766. The van der Waals surface area contributed by atoms with E-state index in [2.05, 4.69) is 68.9 Å². The lowest BCUT2D eigenvalue weighted by Gasteiger charge is -2.17. The third-order valence-electron chi connectivity index (χ3n) is 3.08. The van der Waals surface area contributed by atoms with E-state index in [1.807, 2.05) is 6.20 Å². The molecule has 0 amide bonds. The van der Waals surface area contributed by atoms with Crippen molar-refractivity contribution in [2.24, 2.45) is 0 Å². The minimum absolute atomic E-state index is 0.00446. The van der Waals surface area contributed by atoms with Gasteiger partial charge in [0.25, 0.3) is 0 Å². The Morgan fingerprint density at radius 2 is 1.90 bits per heavy atom. The Kier molecular flexibility index (Phi) is 4.48. The number of rotatable bonds is 3. The predicted molar refractivity (Wildman–Crippen MR) is 86.2 cm³/mol. The molecule has 0 bridgehead atoms. The van der Waals surface area contributed by atoms with Crippen LogP contribution in [0.1, 0.15) is 43.4 Å². The highest BCUT2D eigenvalue weighted by Gasteiger charge is 2.18. The molecule has 2 aromatic rings.